The minimum absolute atomic E-state index is 0.151. The van der Waals surface area contributed by atoms with Crippen molar-refractivity contribution in [1.82, 2.24) is 0 Å². The molecule has 0 fully saturated rings. The maximum absolute atomic E-state index is 11.1. The number of ether oxygens (including phenoxy) is 1. The van der Waals surface area contributed by atoms with Gasteiger partial charge < -0.3 is 15.6 Å². The van der Waals surface area contributed by atoms with Crippen molar-refractivity contribution in [1.29, 1.82) is 0 Å². The van der Waals surface area contributed by atoms with E-state index in [4.69, 9.17) is 5.73 Å². The molecule has 0 spiro atoms. The number of esters is 1. The zero-order valence-corrected chi connectivity index (χ0v) is 10.0. The summed E-state index contributed by atoms with van der Waals surface area (Å²) in [5.74, 6) is -1.05. The van der Waals surface area contributed by atoms with E-state index in [1.165, 1.54) is 26.2 Å². The van der Waals surface area contributed by atoms with Crippen LogP contribution in [0.15, 0.2) is 12.1 Å². The van der Waals surface area contributed by atoms with Crippen LogP contribution < -0.4 is 5.73 Å². The van der Waals surface area contributed by atoms with Gasteiger partial charge in [0.15, 0.2) is 5.75 Å². The second-order valence-electron chi connectivity index (χ2n) is 3.81. The highest BCUT2D eigenvalue weighted by Crippen LogP contribution is 2.36. The van der Waals surface area contributed by atoms with Crippen LogP contribution in [-0.4, -0.2) is 23.1 Å². The van der Waals surface area contributed by atoms with Gasteiger partial charge in [-0.3, -0.25) is 14.9 Å². The standard InChI is InChI=1S/C11H14N2O5/c1-6-3-4-7(8(12)5-9(14)18-2)11(15)10(6)13(16)17/h3-4,8,15H,5,12H2,1-2H3/t8-/m0/s1. The molecule has 7 heteroatoms. The van der Waals surface area contributed by atoms with E-state index in [1.807, 2.05) is 0 Å². The third-order valence-corrected chi connectivity index (χ3v) is 2.58. The molecule has 0 aliphatic rings. The van der Waals surface area contributed by atoms with Crippen LogP contribution in [0.5, 0.6) is 5.75 Å². The Morgan fingerprint density at radius 1 is 1.61 bits per heavy atom. The average molecular weight is 254 g/mol. The summed E-state index contributed by atoms with van der Waals surface area (Å²) in [7, 11) is 1.21. The predicted octanol–water partition coefficient (Wildman–Crippen LogP) is 1.17. The maximum atomic E-state index is 11.1. The number of methoxy groups -OCH3 is 1. The van der Waals surface area contributed by atoms with Crippen LogP contribution in [0.2, 0.25) is 0 Å². The number of aromatic hydroxyl groups is 1. The first-order chi connectivity index (χ1) is 8.38. The molecule has 7 nitrogen and oxygen atoms in total. The Balaban J connectivity index is 3.14. The molecule has 0 aromatic heterocycles. The normalized spacial score (nSPS) is 11.9. The molecule has 18 heavy (non-hydrogen) atoms. The van der Waals surface area contributed by atoms with Crippen LogP contribution in [0, 0.1) is 17.0 Å². The summed E-state index contributed by atoms with van der Waals surface area (Å²) in [6.45, 7) is 1.51. The predicted molar refractivity (Wildman–Crippen MR) is 63.1 cm³/mol. The fourth-order valence-electron chi connectivity index (χ4n) is 1.60. The number of aryl methyl sites for hydroxylation is 1. The Bertz CT molecular complexity index is 487. The van der Waals surface area contributed by atoms with Crippen LogP contribution in [-0.2, 0) is 9.53 Å². The number of carbonyl (C=O) groups excluding carboxylic acids is 1. The van der Waals surface area contributed by atoms with Gasteiger partial charge in [0, 0.05) is 17.2 Å². The summed E-state index contributed by atoms with van der Waals surface area (Å²) in [6.07, 6.45) is -0.162. The highest BCUT2D eigenvalue weighted by Gasteiger charge is 2.24. The smallest absolute Gasteiger partial charge is 0.313 e. The van der Waals surface area contributed by atoms with Crippen LogP contribution >= 0.6 is 0 Å². The minimum Gasteiger partial charge on any atom is -0.502 e. The highest BCUT2D eigenvalue weighted by molar-refractivity contribution is 5.71. The van der Waals surface area contributed by atoms with Crippen molar-refractivity contribution in [3.05, 3.63) is 33.4 Å². The number of nitro benzene ring substituents is 1. The monoisotopic (exact) mass is 254 g/mol. The van der Waals surface area contributed by atoms with Crippen molar-refractivity contribution >= 4 is 11.7 Å². The Morgan fingerprint density at radius 3 is 2.72 bits per heavy atom. The second kappa shape index (κ2) is 5.46. The van der Waals surface area contributed by atoms with Crippen molar-refractivity contribution in [2.24, 2.45) is 5.73 Å². The Labute approximate surface area is 103 Å². The Morgan fingerprint density at radius 2 is 2.22 bits per heavy atom. The maximum Gasteiger partial charge on any atom is 0.313 e. The van der Waals surface area contributed by atoms with E-state index in [0.717, 1.165) is 0 Å². The molecule has 3 N–H and O–H groups in total. The summed E-state index contributed by atoms with van der Waals surface area (Å²) in [5, 5.41) is 20.6. The molecule has 0 amide bonds. The summed E-state index contributed by atoms with van der Waals surface area (Å²) in [4.78, 5) is 21.2. The average Bonchev–Trinajstić information content (AvgIpc) is 2.28. The molecule has 0 aliphatic carbocycles. The van der Waals surface area contributed by atoms with Crippen LogP contribution in [0.1, 0.15) is 23.6 Å². The van der Waals surface area contributed by atoms with E-state index in [9.17, 15) is 20.0 Å². The second-order valence-corrected chi connectivity index (χ2v) is 3.81. The lowest BCUT2D eigenvalue weighted by Gasteiger charge is -2.13. The van der Waals surface area contributed by atoms with Gasteiger partial charge in [-0.15, -0.1) is 0 Å². The zero-order valence-electron chi connectivity index (χ0n) is 10.0. The van der Waals surface area contributed by atoms with Gasteiger partial charge in [-0.25, -0.2) is 0 Å². The number of carbonyl (C=O) groups is 1. The number of phenolic OH excluding ortho intramolecular Hbond substituents is 1. The number of nitro groups is 1. The quantitative estimate of drug-likeness (QED) is 0.473. The summed E-state index contributed by atoms with van der Waals surface area (Å²) in [5.41, 5.74) is 5.79. The lowest BCUT2D eigenvalue weighted by Crippen LogP contribution is -2.16. The number of hydrogen-bond donors (Lipinski definition) is 2. The number of nitrogens with two attached hydrogens (primary N) is 1. The van der Waals surface area contributed by atoms with Gasteiger partial charge in [-0.1, -0.05) is 12.1 Å². The highest BCUT2D eigenvalue weighted by atomic mass is 16.6. The molecule has 0 aliphatic heterocycles. The van der Waals surface area contributed by atoms with Gasteiger partial charge in [-0.2, -0.15) is 0 Å². The SMILES string of the molecule is COC(=O)C[C@H](N)c1ccc(C)c([N+](=O)[O-])c1O. The number of hydrogen-bond acceptors (Lipinski definition) is 6. The van der Waals surface area contributed by atoms with Crippen LogP contribution in [0.4, 0.5) is 5.69 Å². The number of nitrogens with zero attached hydrogens (tertiary/aromatic N) is 1. The van der Waals surface area contributed by atoms with Gasteiger partial charge >= 0.3 is 11.7 Å². The van der Waals surface area contributed by atoms with Crippen LogP contribution in [0.3, 0.4) is 0 Å². The fraction of sp³-hybridized carbons (Fsp3) is 0.364. The zero-order chi connectivity index (χ0) is 13.9. The lowest BCUT2D eigenvalue weighted by atomic mass is 10.0. The molecule has 0 saturated heterocycles. The summed E-state index contributed by atoms with van der Waals surface area (Å²) < 4.78 is 4.45. The van der Waals surface area contributed by atoms with Crippen molar-refractivity contribution in [3.8, 4) is 5.75 Å². The van der Waals surface area contributed by atoms with Crippen molar-refractivity contribution < 1.29 is 19.6 Å². The van der Waals surface area contributed by atoms with Gasteiger partial charge in [0.25, 0.3) is 0 Å². The summed E-state index contributed by atoms with van der Waals surface area (Å²) in [6, 6.07) is 2.09. The molecule has 1 rings (SSSR count). The van der Waals surface area contributed by atoms with E-state index in [2.05, 4.69) is 4.74 Å². The molecule has 98 valence electrons. The molecule has 1 aromatic rings. The van der Waals surface area contributed by atoms with E-state index in [0.29, 0.717) is 5.56 Å². The molecular formula is C11H14N2O5. The number of benzene rings is 1. The first-order valence-electron chi connectivity index (χ1n) is 5.17. The molecule has 1 aromatic carbocycles. The molecule has 0 saturated carbocycles. The van der Waals surface area contributed by atoms with Crippen molar-refractivity contribution in [2.45, 2.75) is 19.4 Å². The van der Waals surface area contributed by atoms with E-state index < -0.39 is 28.4 Å². The Kier molecular flexibility index (Phi) is 4.22. The molecule has 0 radical (unpaired) electrons. The molecule has 0 heterocycles. The topological polar surface area (TPSA) is 116 Å². The van der Waals surface area contributed by atoms with Gasteiger partial charge in [0.05, 0.1) is 18.5 Å². The minimum atomic E-state index is -0.850. The molecule has 1 atom stereocenters. The van der Waals surface area contributed by atoms with Crippen LogP contribution in [0.25, 0.3) is 0 Å². The van der Waals surface area contributed by atoms with Crippen molar-refractivity contribution in [2.75, 3.05) is 7.11 Å². The third kappa shape index (κ3) is 2.75. The molecular weight excluding hydrogens is 240 g/mol. The van der Waals surface area contributed by atoms with E-state index in [1.54, 1.807) is 0 Å². The lowest BCUT2D eigenvalue weighted by molar-refractivity contribution is -0.386. The van der Waals surface area contributed by atoms with Gasteiger partial charge in [0.1, 0.15) is 0 Å². The first kappa shape index (κ1) is 13.9. The number of phenols is 1. The largest absolute Gasteiger partial charge is 0.502 e. The summed E-state index contributed by atoms with van der Waals surface area (Å²) >= 11 is 0. The van der Waals surface area contributed by atoms with Crippen molar-refractivity contribution in [3.63, 3.8) is 0 Å². The van der Waals surface area contributed by atoms with E-state index >= 15 is 0 Å². The first-order valence-corrected chi connectivity index (χ1v) is 5.17. The van der Waals surface area contributed by atoms with Gasteiger partial charge in [0.2, 0.25) is 0 Å². The van der Waals surface area contributed by atoms with E-state index in [-0.39, 0.29) is 12.0 Å². The Hall–Kier alpha value is -2.15. The third-order valence-electron chi connectivity index (χ3n) is 2.58. The molecule has 0 unspecified atom stereocenters. The fourth-order valence-corrected chi connectivity index (χ4v) is 1.60. The number of rotatable bonds is 4. The van der Waals surface area contributed by atoms with Gasteiger partial charge in [-0.05, 0) is 6.92 Å². The molecule has 0 bridgehead atoms.